The van der Waals surface area contributed by atoms with E-state index in [-0.39, 0.29) is 5.82 Å². The molecule has 5 heteroatoms. The minimum Gasteiger partial charge on any atom is -0.369 e. The number of rotatable bonds is 2. The first-order valence-electron chi connectivity index (χ1n) is 6.23. The second-order valence-electron chi connectivity index (χ2n) is 4.77. The monoisotopic (exact) mass is 265 g/mol. The lowest BCUT2D eigenvalue weighted by molar-refractivity contribution is 0.425. The van der Waals surface area contributed by atoms with Crippen LogP contribution in [0, 0.1) is 11.7 Å². The highest BCUT2D eigenvalue weighted by atomic mass is 32.2. The summed E-state index contributed by atoms with van der Waals surface area (Å²) in [5.74, 6) is 3.35. The fraction of sp³-hybridized carbons (Fsp3) is 0.462. The quantitative estimate of drug-likeness (QED) is 0.908. The number of nitrogens with two attached hydrogens (primary N) is 1. The summed E-state index contributed by atoms with van der Waals surface area (Å²) in [5.41, 5.74) is 7.53. The van der Waals surface area contributed by atoms with Gasteiger partial charge in [0.25, 0.3) is 0 Å². The van der Waals surface area contributed by atoms with E-state index in [1.54, 1.807) is 6.07 Å². The average molecular weight is 265 g/mol. The fourth-order valence-electron chi connectivity index (χ4n) is 2.50. The summed E-state index contributed by atoms with van der Waals surface area (Å²) in [4.78, 5) is 4.23. The van der Waals surface area contributed by atoms with Crippen molar-refractivity contribution < 1.29 is 4.39 Å². The molecule has 0 bridgehead atoms. The number of halogens is 1. The predicted molar refractivity (Wildman–Crippen MR) is 74.2 cm³/mol. The van der Waals surface area contributed by atoms with Crippen molar-refractivity contribution in [1.29, 1.82) is 0 Å². The van der Waals surface area contributed by atoms with Gasteiger partial charge in [-0.15, -0.1) is 0 Å². The van der Waals surface area contributed by atoms with E-state index in [0.29, 0.717) is 17.4 Å². The third-order valence-electron chi connectivity index (χ3n) is 3.52. The van der Waals surface area contributed by atoms with Crippen LogP contribution in [0.25, 0.3) is 11.0 Å². The van der Waals surface area contributed by atoms with E-state index >= 15 is 0 Å². The molecule has 3 nitrogen and oxygen atoms in total. The fourth-order valence-corrected chi connectivity index (χ4v) is 3.70. The molecule has 0 aliphatic carbocycles. The molecule has 2 aromatic rings. The van der Waals surface area contributed by atoms with Crippen LogP contribution in [0.1, 0.15) is 12.8 Å². The summed E-state index contributed by atoms with van der Waals surface area (Å²) < 4.78 is 15.2. The van der Waals surface area contributed by atoms with Crippen LogP contribution in [0.5, 0.6) is 0 Å². The van der Waals surface area contributed by atoms with Crippen molar-refractivity contribution in [3.8, 4) is 0 Å². The Morgan fingerprint density at radius 2 is 2.17 bits per heavy atom. The molecule has 3 rings (SSSR count). The molecule has 1 aromatic heterocycles. The van der Waals surface area contributed by atoms with Crippen LogP contribution >= 0.6 is 11.8 Å². The summed E-state index contributed by atoms with van der Waals surface area (Å²) >= 11 is 2.02. The molecule has 0 amide bonds. The molecule has 1 saturated heterocycles. The van der Waals surface area contributed by atoms with E-state index in [9.17, 15) is 4.39 Å². The summed E-state index contributed by atoms with van der Waals surface area (Å²) in [5, 5.41) is 0. The minimum atomic E-state index is -0.263. The van der Waals surface area contributed by atoms with Gasteiger partial charge >= 0.3 is 0 Å². The lowest BCUT2D eigenvalue weighted by Crippen LogP contribution is -2.17. The molecular formula is C13H16FN3S. The van der Waals surface area contributed by atoms with Gasteiger partial charge in [-0.05, 0) is 42.4 Å². The number of imidazole rings is 1. The first-order chi connectivity index (χ1) is 8.74. The number of aromatic nitrogens is 2. The molecule has 0 spiro atoms. The van der Waals surface area contributed by atoms with Gasteiger partial charge in [-0.2, -0.15) is 11.8 Å². The van der Waals surface area contributed by atoms with Crippen LogP contribution in [0.3, 0.4) is 0 Å². The van der Waals surface area contributed by atoms with Gasteiger partial charge in [-0.25, -0.2) is 9.37 Å². The van der Waals surface area contributed by atoms with Gasteiger partial charge in [0.05, 0.1) is 11.0 Å². The van der Waals surface area contributed by atoms with Gasteiger partial charge in [-0.1, -0.05) is 0 Å². The normalized spacial score (nSPS) is 17.4. The van der Waals surface area contributed by atoms with Crippen molar-refractivity contribution in [3.05, 3.63) is 24.0 Å². The van der Waals surface area contributed by atoms with E-state index in [0.717, 1.165) is 12.1 Å². The Morgan fingerprint density at radius 1 is 1.39 bits per heavy atom. The van der Waals surface area contributed by atoms with Gasteiger partial charge in [0.2, 0.25) is 5.95 Å². The van der Waals surface area contributed by atoms with E-state index in [1.807, 2.05) is 16.3 Å². The van der Waals surface area contributed by atoms with Crippen LogP contribution in [0.2, 0.25) is 0 Å². The average Bonchev–Trinajstić information content (AvgIpc) is 2.66. The van der Waals surface area contributed by atoms with E-state index in [1.165, 1.54) is 36.5 Å². The van der Waals surface area contributed by atoms with Crippen LogP contribution in [-0.2, 0) is 6.54 Å². The number of nitrogen functional groups attached to an aromatic ring is 1. The molecule has 0 unspecified atom stereocenters. The Bertz CT molecular complexity index is 561. The largest absolute Gasteiger partial charge is 0.369 e. The van der Waals surface area contributed by atoms with Crippen molar-refractivity contribution in [2.24, 2.45) is 5.92 Å². The van der Waals surface area contributed by atoms with Gasteiger partial charge in [-0.3, -0.25) is 0 Å². The van der Waals surface area contributed by atoms with Crippen LogP contribution in [-0.4, -0.2) is 21.1 Å². The van der Waals surface area contributed by atoms with Gasteiger partial charge in [0, 0.05) is 12.6 Å². The number of thioether (sulfide) groups is 1. The van der Waals surface area contributed by atoms with E-state index in [2.05, 4.69) is 4.98 Å². The summed E-state index contributed by atoms with van der Waals surface area (Å²) in [6.07, 6.45) is 2.45. The molecule has 1 aliphatic rings. The summed E-state index contributed by atoms with van der Waals surface area (Å²) in [6, 6.07) is 4.68. The molecule has 1 aliphatic heterocycles. The zero-order chi connectivity index (χ0) is 12.5. The Hall–Kier alpha value is -1.23. The SMILES string of the molecule is Nc1nc2cc(F)ccc2n1CC1CCSCC1. The molecule has 0 radical (unpaired) electrons. The maximum absolute atomic E-state index is 13.1. The predicted octanol–water partition coefficient (Wildman–Crippen LogP) is 2.90. The Balaban J connectivity index is 1.92. The smallest absolute Gasteiger partial charge is 0.201 e. The lowest BCUT2D eigenvalue weighted by Gasteiger charge is -2.22. The highest BCUT2D eigenvalue weighted by Gasteiger charge is 2.17. The highest BCUT2D eigenvalue weighted by molar-refractivity contribution is 7.99. The number of nitrogens with zero attached hydrogens (tertiary/aromatic N) is 2. The Kier molecular flexibility index (Phi) is 3.16. The van der Waals surface area contributed by atoms with Crippen molar-refractivity contribution >= 4 is 28.7 Å². The minimum absolute atomic E-state index is 0.263. The topological polar surface area (TPSA) is 43.8 Å². The van der Waals surface area contributed by atoms with Gasteiger partial charge in [0.15, 0.2) is 0 Å². The zero-order valence-electron chi connectivity index (χ0n) is 10.1. The van der Waals surface area contributed by atoms with E-state index in [4.69, 9.17) is 5.73 Å². The first-order valence-corrected chi connectivity index (χ1v) is 7.38. The second kappa shape index (κ2) is 4.80. The molecule has 2 N–H and O–H groups in total. The highest BCUT2D eigenvalue weighted by Crippen LogP contribution is 2.27. The molecule has 18 heavy (non-hydrogen) atoms. The van der Waals surface area contributed by atoms with Crippen molar-refractivity contribution in [1.82, 2.24) is 9.55 Å². The standard InChI is InChI=1S/C13H16FN3S/c14-10-1-2-12-11(7-10)16-13(15)17(12)8-9-3-5-18-6-4-9/h1-2,7,9H,3-6,8H2,(H2,15,16). The first kappa shape index (κ1) is 11.8. The molecule has 1 fully saturated rings. The number of hydrogen-bond acceptors (Lipinski definition) is 3. The molecule has 96 valence electrons. The maximum Gasteiger partial charge on any atom is 0.201 e. The van der Waals surface area contributed by atoms with Crippen molar-refractivity contribution in [3.63, 3.8) is 0 Å². The summed E-state index contributed by atoms with van der Waals surface area (Å²) in [7, 11) is 0. The molecule has 0 saturated carbocycles. The summed E-state index contributed by atoms with van der Waals surface area (Å²) in [6.45, 7) is 0.897. The number of hydrogen-bond donors (Lipinski definition) is 1. The maximum atomic E-state index is 13.1. The number of anilines is 1. The van der Waals surface area contributed by atoms with Crippen molar-refractivity contribution in [2.45, 2.75) is 19.4 Å². The van der Waals surface area contributed by atoms with Crippen molar-refractivity contribution in [2.75, 3.05) is 17.2 Å². The van der Waals surface area contributed by atoms with Crippen LogP contribution < -0.4 is 5.73 Å². The molecule has 1 aromatic carbocycles. The Labute approximate surface area is 110 Å². The van der Waals surface area contributed by atoms with E-state index < -0.39 is 0 Å². The second-order valence-corrected chi connectivity index (χ2v) is 5.99. The van der Waals surface area contributed by atoms with Gasteiger partial charge in [0.1, 0.15) is 5.82 Å². The number of fused-ring (bicyclic) bond motifs is 1. The third-order valence-corrected chi connectivity index (χ3v) is 4.57. The molecule has 2 heterocycles. The van der Waals surface area contributed by atoms with Crippen LogP contribution in [0.4, 0.5) is 10.3 Å². The molecule has 0 atom stereocenters. The van der Waals surface area contributed by atoms with Gasteiger partial charge < -0.3 is 10.3 Å². The molecular weight excluding hydrogens is 249 g/mol. The zero-order valence-corrected chi connectivity index (χ0v) is 10.9. The number of benzene rings is 1. The Morgan fingerprint density at radius 3 is 2.94 bits per heavy atom. The third kappa shape index (κ3) is 2.19. The van der Waals surface area contributed by atoms with Crippen LogP contribution in [0.15, 0.2) is 18.2 Å². The lowest BCUT2D eigenvalue weighted by atomic mass is 10.0.